The maximum atomic E-state index is 9.66. The van der Waals surface area contributed by atoms with Gasteiger partial charge in [-0.2, -0.15) is 0 Å². The van der Waals surface area contributed by atoms with Gasteiger partial charge in [-0.25, -0.2) is 0 Å². The third kappa shape index (κ3) is 1.90. The topological polar surface area (TPSA) is 29.5 Å². The van der Waals surface area contributed by atoms with Crippen LogP contribution < -0.4 is 4.74 Å². The van der Waals surface area contributed by atoms with Gasteiger partial charge in [-0.05, 0) is 48.9 Å². The van der Waals surface area contributed by atoms with Crippen molar-refractivity contribution in [3.8, 4) is 5.75 Å². The SMILES string of the molecule is COc1ccc2c(c1)C[C@@H](O)CCC2. The lowest BCUT2D eigenvalue weighted by Crippen LogP contribution is -2.08. The molecule has 76 valence electrons. The highest BCUT2D eigenvalue weighted by atomic mass is 16.5. The summed E-state index contributed by atoms with van der Waals surface area (Å²) in [6.45, 7) is 0. The average molecular weight is 192 g/mol. The summed E-state index contributed by atoms with van der Waals surface area (Å²) in [7, 11) is 1.68. The predicted molar refractivity (Wildman–Crippen MR) is 55.6 cm³/mol. The molecule has 2 rings (SSSR count). The Balaban J connectivity index is 2.32. The summed E-state index contributed by atoms with van der Waals surface area (Å²) in [5.41, 5.74) is 2.61. The molecule has 0 saturated carbocycles. The van der Waals surface area contributed by atoms with Crippen LogP contribution in [0.25, 0.3) is 0 Å². The molecular formula is C12H16O2. The van der Waals surface area contributed by atoms with E-state index in [9.17, 15) is 5.11 Å². The number of aliphatic hydroxyl groups excluding tert-OH is 1. The fourth-order valence-electron chi connectivity index (χ4n) is 2.05. The Labute approximate surface area is 84.5 Å². The van der Waals surface area contributed by atoms with E-state index >= 15 is 0 Å². The maximum absolute atomic E-state index is 9.66. The highest BCUT2D eigenvalue weighted by Crippen LogP contribution is 2.24. The molecule has 0 aliphatic heterocycles. The molecule has 0 unspecified atom stereocenters. The standard InChI is InChI=1S/C12H16O2/c1-14-12-6-5-9-3-2-4-11(13)7-10(9)8-12/h5-6,8,11,13H,2-4,7H2,1H3/t11-/m0/s1. The van der Waals surface area contributed by atoms with Gasteiger partial charge in [0.25, 0.3) is 0 Å². The second kappa shape index (κ2) is 4.01. The van der Waals surface area contributed by atoms with Crippen LogP contribution in [-0.4, -0.2) is 18.3 Å². The van der Waals surface area contributed by atoms with Crippen LogP contribution in [0.15, 0.2) is 18.2 Å². The van der Waals surface area contributed by atoms with Gasteiger partial charge < -0.3 is 9.84 Å². The zero-order valence-electron chi connectivity index (χ0n) is 8.49. The van der Waals surface area contributed by atoms with E-state index in [1.807, 2.05) is 12.1 Å². The van der Waals surface area contributed by atoms with E-state index in [0.717, 1.165) is 31.4 Å². The molecule has 14 heavy (non-hydrogen) atoms. The number of aryl methyl sites for hydroxylation is 1. The largest absolute Gasteiger partial charge is 0.497 e. The number of ether oxygens (including phenoxy) is 1. The number of fused-ring (bicyclic) bond motifs is 1. The van der Waals surface area contributed by atoms with Crippen molar-refractivity contribution >= 4 is 0 Å². The minimum absolute atomic E-state index is 0.177. The van der Waals surface area contributed by atoms with E-state index < -0.39 is 0 Å². The molecule has 1 N–H and O–H groups in total. The molecule has 0 radical (unpaired) electrons. The first kappa shape index (κ1) is 9.53. The van der Waals surface area contributed by atoms with Crippen molar-refractivity contribution in [1.29, 1.82) is 0 Å². The van der Waals surface area contributed by atoms with Crippen LogP contribution in [0.3, 0.4) is 0 Å². The lowest BCUT2D eigenvalue weighted by molar-refractivity contribution is 0.165. The molecule has 1 aliphatic rings. The Kier molecular flexibility index (Phi) is 2.73. The summed E-state index contributed by atoms with van der Waals surface area (Å²) in [4.78, 5) is 0. The second-order valence-corrected chi connectivity index (χ2v) is 3.88. The number of hydrogen-bond donors (Lipinski definition) is 1. The van der Waals surface area contributed by atoms with Crippen LogP contribution >= 0.6 is 0 Å². The number of rotatable bonds is 1. The molecule has 0 heterocycles. The van der Waals surface area contributed by atoms with Crippen LogP contribution in [0.5, 0.6) is 5.75 Å². The molecule has 2 nitrogen and oxygen atoms in total. The van der Waals surface area contributed by atoms with Crippen molar-refractivity contribution in [2.24, 2.45) is 0 Å². The zero-order valence-corrected chi connectivity index (χ0v) is 8.49. The maximum Gasteiger partial charge on any atom is 0.119 e. The lowest BCUT2D eigenvalue weighted by Gasteiger charge is -2.09. The normalized spacial score (nSPS) is 21.1. The van der Waals surface area contributed by atoms with Crippen molar-refractivity contribution in [3.05, 3.63) is 29.3 Å². The molecule has 0 aromatic heterocycles. The van der Waals surface area contributed by atoms with Crippen LogP contribution in [0, 0.1) is 0 Å². The van der Waals surface area contributed by atoms with Gasteiger partial charge in [0.2, 0.25) is 0 Å². The first-order valence-corrected chi connectivity index (χ1v) is 5.13. The van der Waals surface area contributed by atoms with Crippen LogP contribution in [0.1, 0.15) is 24.0 Å². The highest BCUT2D eigenvalue weighted by Gasteiger charge is 2.14. The molecule has 1 aromatic rings. The summed E-state index contributed by atoms with van der Waals surface area (Å²) >= 11 is 0. The fourth-order valence-corrected chi connectivity index (χ4v) is 2.05. The van der Waals surface area contributed by atoms with Crippen molar-refractivity contribution in [2.45, 2.75) is 31.8 Å². The van der Waals surface area contributed by atoms with Gasteiger partial charge >= 0.3 is 0 Å². The minimum atomic E-state index is -0.177. The van der Waals surface area contributed by atoms with Crippen molar-refractivity contribution in [1.82, 2.24) is 0 Å². The third-order valence-electron chi connectivity index (χ3n) is 2.85. The first-order chi connectivity index (χ1) is 6.79. The van der Waals surface area contributed by atoms with Crippen molar-refractivity contribution in [3.63, 3.8) is 0 Å². The van der Waals surface area contributed by atoms with Gasteiger partial charge in [0, 0.05) is 0 Å². The lowest BCUT2D eigenvalue weighted by atomic mass is 10.0. The molecule has 0 fully saturated rings. The Morgan fingerprint density at radius 3 is 3.00 bits per heavy atom. The summed E-state index contributed by atoms with van der Waals surface area (Å²) in [6, 6.07) is 6.16. The monoisotopic (exact) mass is 192 g/mol. The van der Waals surface area contributed by atoms with Crippen molar-refractivity contribution < 1.29 is 9.84 Å². The van der Waals surface area contributed by atoms with Gasteiger partial charge in [0.05, 0.1) is 13.2 Å². The summed E-state index contributed by atoms with van der Waals surface area (Å²) < 4.78 is 5.17. The fraction of sp³-hybridized carbons (Fsp3) is 0.500. The molecule has 0 spiro atoms. The Morgan fingerprint density at radius 1 is 1.36 bits per heavy atom. The number of methoxy groups -OCH3 is 1. The number of aliphatic hydroxyl groups is 1. The van der Waals surface area contributed by atoms with Crippen LogP contribution in [0.4, 0.5) is 0 Å². The number of hydrogen-bond acceptors (Lipinski definition) is 2. The van der Waals surface area contributed by atoms with Crippen LogP contribution in [-0.2, 0) is 12.8 Å². The highest BCUT2D eigenvalue weighted by molar-refractivity contribution is 5.36. The first-order valence-electron chi connectivity index (χ1n) is 5.13. The summed E-state index contributed by atoms with van der Waals surface area (Å²) in [6.07, 6.45) is 3.67. The Bertz CT molecular complexity index is 320. The molecule has 1 atom stereocenters. The van der Waals surface area contributed by atoms with E-state index in [-0.39, 0.29) is 6.10 Å². The quantitative estimate of drug-likeness (QED) is 0.689. The average Bonchev–Trinajstić information content (AvgIpc) is 2.37. The van der Waals surface area contributed by atoms with Gasteiger partial charge in [-0.15, -0.1) is 0 Å². The van der Waals surface area contributed by atoms with Gasteiger partial charge in [-0.1, -0.05) is 6.07 Å². The van der Waals surface area contributed by atoms with E-state index in [2.05, 4.69) is 6.07 Å². The van der Waals surface area contributed by atoms with Crippen LogP contribution in [0.2, 0.25) is 0 Å². The van der Waals surface area contributed by atoms with E-state index in [1.165, 1.54) is 11.1 Å². The zero-order chi connectivity index (χ0) is 9.97. The minimum Gasteiger partial charge on any atom is -0.497 e. The van der Waals surface area contributed by atoms with E-state index in [1.54, 1.807) is 7.11 Å². The summed E-state index contributed by atoms with van der Waals surface area (Å²) in [5, 5.41) is 9.66. The molecule has 2 heteroatoms. The number of benzene rings is 1. The second-order valence-electron chi connectivity index (χ2n) is 3.88. The molecule has 0 bridgehead atoms. The molecular weight excluding hydrogens is 176 g/mol. The van der Waals surface area contributed by atoms with Gasteiger partial charge in [-0.3, -0.25) is 0 Å². The van der Waals surface area contributed by atoms with Crippen molar-refractivity contribution in [2.75, 3.05) is 7.11 Å². The Morgan fingerprint density at radius 2 is 2.21 bits per heavy atom. The molecule has 0 amide bonds. The molecule has 1 aromatic carbocycles. The molecule has 0 saturated heterocycles. The van der Waals surface area contributed by atoms with E-state index in [0.29, 0.717) is 0 Å². The third-order valence-corrected chi connectivity index (χ3v) is 2.85. The van der Waals surface area contributed by atoms with Gasteiger partial charge in [0.15, 0.2) is 0 Å². The van der Waals surface area contributed by atoms with E-state index in [4.69, 9.17) is 4.74 Å². The predicted octanol–water partition coefficient (Wildman–Crippen LogP) is 1.93. The smallest absolute Gasteiger partial charge is 0.119 e. The molecule has 1 aliphatic carbocycles. The Hall–Kier alpha value is -1.02. The van der Waals surface area contributed by atoms with Gasteiger partial charge in [0.1, 0.15) is 5.75 Å². The summed E-state index contributed by atoms with van der Waals surface area (Å²) in [5.74, 6) is 0.887.